The average molecular weight is 1680 g/mol. The third-order valence-electron chi connectivity index (χ3n) is 15.4. The highest BCUT2D eigenvalue weighted by atomic mass is 35.5. The lowest BCUT2D eigenvalue weighted by Crippen LogP contribution is -2.44. The summed E-state index contributed by atoms with van der Waals surface area (Å²) < 4.78 is 534. The molecule has 3 unspecified atom stereocenters. The van der Waals surface area contributed by atoms with Crippen LogP contribution in [0.15, 0.2) is 146 Å². The molecule has 4 amide bonds. The number of piperidine rings is 4. The van der Waals surface area contributed by atoms with E-state index in [1.54, 1.807) is 0 Å². The van der Waals surface area contributed by atoms with Crippen molar-refractivity contribution in [1.82, 2.24) is 39.5 Å². The van der Waals surface area contributed by atoms with Crippen LogP contribution in [0.4, 0.5) is 35.1 Å². The Hall–Kier alpha value is -8.04. The van der Waals surface area contributed by atoms with Crippen molar-refractivity contribution in [3.8, 4) is 0 Å². The van der Waals surface area contributed by atoms with E-state index in [1.807, 2.05) is 0 Å². The molecule has 0 saturated carbocycles. The van der Waals surface area contributed by atoms with Gasteiger partial charge < -0.3 is 19.6 Å². The molecule has 4 aliphatic rings. The zero-order valence-electron chi connectivity index (χ0n) is 109. The largest absolute Gasteiger partial charge is 0.338 e. The predicted molar refractivity (Wildman–Crippen MR) is 428 cm³/mol. The van der Waals surface area contributed by atoms with Crippen LogP contribution in [0.2, 0.25) is 20.1 Å². The Morgan fingerprint density at radius 1 is 0.357 bits per heavy atom. The van der Waals surface area contributed by atoms with E-state index < -0.39 is 345 Å². The van der Waals surface area contributed by atoms with Gasteiger partial charge in [0.05, 0.1) is 20.1 Å². The summed E-state index contributed by atoms with van der Waals surface area (Å²) in [6.07, 6.45) is -63.7. The SMILES string of the molecule is [2H]C([2H])(C)c1ccc(C([2H])([2H])CC([2H])([2H])C2(F)C([2H])([2H])C([2H])([2H])N(C(=O)c3ccc(F)c(Cl)c3)C([2H])([2H])C2([2H])[2H])nc1.[2H]C([2H])(C)c1ccc(C([2H])([2H])CC([2H])([2H])C2(F)C([2H])([2H])CN(C(=O)c3ccc(F)c(Cl)c3)C([2H])([2H])C2([2H])[2H])nc1.[2H]C([2H])(C)c1ccc(C([2H])([2H])CC([2H])([2H])C2(F)CC([2H])([2H])N(C(=O)c3ccc(F)c(Cl)c3)C([2H])([2H])C2([2H])[2H])nc1.[2H]C([2H])(C)c1ccc(C([2H])([2H])CC([2H])([2H])C2(F)CC([2H])([2H])N(C(=O)c3ccc(F)c(Cl)c3)C([2H])([2H])C2([2H])[2H])nc1. The molecule has 0 radical (unpaired) electrons. The van der Waals surface area contributed by atoms with E-state index >= 15 is 17.6 Å². The predicted octanol–water partition coefficient (Wildman–Crippen LogP) is 21.6. The van der Waals surface area contributed by atoms with Crippen LogP contribution >= 0.6 is 46.4 Å². The number of carbonyl (C=O) groups is 4. The highest BCUT2D eigenvalue weighted by Gasteiger charge is 2.40. The summed E-state index contributed by atoms with van der Waals surface area (Å²) in [5.41, 5.74) is -21.2. The first-order valence-electron chi connectivity index (χ1n) is 57.9. The number of aromatic nitrogens is 4. The number of likely N-dealkylation sites (tertiary alicyclic amines) is 4. The van der Waals surface area contributed by atoms with Gasteiger partial charge in [0.1, 0.15) is 45.9 Å². The maximum atomic E-state index is 17.1. The van der Waals surface area contributed by atoms with Crippen LogP contribution in [-0.2, 0) is 51.0 Å². The molecular formula is C88H100Cl4F8N8O4. The Balaban J connectivity index is 0.000000238. The maximum absolute atomic E-state index is 17.1. The number of nitrogens with zero attached hydrogens (tertiary/aromatic N) is 8. The topological polar surface area (TPSA) is 133 Å². The lowest BCUT2D eigenvalue weighted by Gasteiger charge is -2.36. The number of hydrogen-bond donors (Lipinski definition) is 0. The molecule has 4 fully saturated rings. The van der Waals surface area contributed by atoms with Crippen LogP contribution in [0.5, 0.6) is 0 Å². The Kier molecular flexibility index (Phi) is 15.7. The fourth-order valence-corrected chi connectivity index (χ4v) is 9.88. The Morgan fingerprint density at radius 3 is 0.857 bits per heavy atom. The molecule has 4 saturated heterocycles. The highest BCUT2D eigenvalue weighted by Crippen LogP contribution is 2.37. The highest BCUT2D eigenvalue weighted by molar-refractivity contribution is 6.32. The monoisotopic (exact) mass is 1670 g/mol. The molecule has 0 spiro atoms. The molecule has 8 aromatic rings. The van der Waals surface area contributed by atoms with E-state index in [0.717, 1.165) is 116 Å². The van der Waals surface area contributed by atoms with E-state index in [2.05, 4.69) is 19.9 Å². The van der Waals surface area contributed by atoms with Crippen molar-refractivity contribution < 1.29 is 123 Å². The molecule has 4 aromatic heterocycles. The molecule has 4 aliphatic heterocycles. The van der Waals surface area contributed by atoms with Gasteiger partial charge in [-0.15, -0.1) is 0 Å². The van der Waals surface area contributed by atoms with Crippen molar-refractivity contribution in [2.24, 2.45) is 0 Å². The second kappa shape index (κ2) is 41.8. The first kappa shape index (κ1) is 42.0. The van der Waals surface area contributed by atoms with Crippen LogP contribution in [0.25, 0.3) is 0 Å². The third-order valence-corrected chi connectivity index (χ3v) is 16.6. The number of rotatable bonds is 24. The van der Waals surface area contributed by atoms with Crippen molar-refractivity contribution in [2.45, 2.75) is 204 Å². The normalized spacial score (nSPS) is 32.8. The molecule has 24 heteroatoms. The van der Waals surface area contributed by atoms with Crippen LogP contribution in [-0.4, -0.2) is 138 Å². The van der Waals surface area contributed by atoms with E-state index in [9.17, 15) is 36.7 Å². The van der Waals surface area contributed by atoms with Gasteiger partial charge in [-0.05, 0) is 273 Å². The number of amides is 4. The van der Waals surface area contributed by atoms with Gasteiger partial charge in [0.15, 0.2) is 0 Å². The van der Waals surface area contributed by atoms with Gasteiger partial charge in [-0.2, -0.15) is 0 Å². The van der Waals surface area contributed by atoms with Gasteiger partial charge in [0.2, 0.25) is 0 Å². The standard InChI is InChI=1S/4C22H25ClF2N2O/c4*1-2-16-5-7-18(26-15-16)4-3-9-22(25)10-12-27(13-11-22)21(28)17-6-8-20(24)19(23)14-17/h4*5-8,14-15H,2-4,9-13H2,1H3/i2D2,4D2,9D2,10D2,11D2,12D2,13D2;2*2D2,4D2,9D2,10D2,12D2,13D2;2D2,4D2,9D2,10D2,11D2,12D2. The van der Waals surface area contributed by atoms with E-state index in [-0.39, 0.29) is 37.0 Å². The fourth-order valence-electron chi connectivity index (χ4n) is 9.16. The lowest BCUT2D eigenvalue weighted by molar-refractivity contribution is 0.0380. The van der Waals surface area contributed by atoms with Gasteiger partial charge >= 0.3 is 0 Å². The number of hydrogen-bond acceptors (Lipinski definition) is 8. The quantitative estimate of drug-likeness (QED) is 0.0546. The minimum atomic E-state index is -4.80. The third kappa shape index (κ3) is 26.0. The summed E-state index contributed by atoms with van der Waals surface area (Å²) in [6.45, 7) is -22.9. The second-order valence-corrected chi connectivity index (χ2v) is 24.8. The van der Waals surface area contributed by atoms with Gasteiger partial charge in [-0.3, -0.25) is 39.1 Å². The number of aryl methyl sites for hydroxylation is 8. The van der Waals surface area contributed by atoms with Crippen molar-refractivity contribution in [1.29, 1.82) is 0 Å². The molecule has 112 heavy (non-hydrogen) atoms. The van der Waals surface area contributed by atoms with Crippen molar-refractivity contribution >= 4 is 70.0 Å². The zero-order valence-corrected chi connectivity index (χ0v) is 62.1. The zero-order chi connectivity index (χ0) is 125. The second-order valence-electron chi connectivity index (χ2n) is 23.1. The smallest absolute Gasteiger partial charge is 0.253 e. The van der Waals surface area contributed by atoms with Crippen LogP contribution in [0, 0.1) is 23.3 Å². The molecule has 0 bridgehead atoms. The number of benzene rings is 4. The first-order chi connectivity index (χ1) is 72.1. The number of carbonyl (C=O) groups excluding carboxylic acids is 4. The van der Waals surface area contributed by atoms with Crippen molar-refractivity contribution in [2.75, 3.05) is 52.0 Å². The number of halogens is 12. The van der Waals surface area contributed by atoms with Crippen LogP contribution < -0.4 is 0 Å². The van der Waals surface area contributed by atoms with Gasteiger partial charge in [0.25, 0.3) is 23.6 Å². The molecule has 12 rings (SSSR count). The fraction of sp³-hybridized carbons (Fsp3) is 0.455. The molecule has 0 aliphatic carbocycles. The number of alkyl halides is 4. The van der Waals surface area contributed by atoms with E-state index in [1.165, 1.54) is 45.9 Å². The van der Waals surface area contributed by atoms with Crippen LogP contribution in [0.3, 0.4) is 0 Å². The maximum Gasteiger partial charge on any atom is 0.253 e. The minimum absolute atomic E-state index is 0.0144. The molecule has 12 nitrogen and oxygen atoms in total. The average Bonchev–Trinajstić information content (AvgIpc) is 0.653. The van der Waals surface area contributed by atoms with Gasteiger partial charge in [-0.25, -0.2) is 35.1 Å². The molecule has 3 atom stereocenters. The summed E-state index contributed by atoms with van der Waals surface area (Å²) in [6, 6.07) is 18.0. The molecule has 8 heterocycles. The lowest BCUT2D eigenvalue weighted by atomic mass is 9.87. The summed E-state index contributed by atoms with van der Waals surface area (Å²) >= 11 is 22.7. The number of pyridine rings is 4. The minimum Gasteiger partial charge on any atom is -0.338 e. The van der Waals surface area contributed by atoms with Crippen molar-refractivity contribution in [3.05, 3.63) is 257 Å². The molecule has 0 N–H and O–H groups in total. The molecule has 600 valence electrons. The molecule has 4 aromatic carbocycles. The summed E-state index contributed by atoms with van der Waals surface area (Å²) in [5, 5.41) is -2.34. The van der Waals surface area contributed by atoms with E-state index in [4.69, 9.17) is 115 Å². The van der Waals surface area contributed by atoms with Gasteiger partial charge in [-0.1, -0.05) is 98.4 Å². The first-order valence-corrected chi connectivity index (χ1v) is 34.4. The Morgan fingerprint density at radius 2 is 0.598 bits per heavy atom. The van der Waals surface area contributed by atoms with Crippen LogP contribution in [0.1, 0.15) is 285 Å². The Bertz CT molecular complexity index is 6680. The van der Waals surface area contributed by atoms with Gasteiger partial charge in [0, 0.05) is 190 Å². The summed E-state index contributed by atoms with van der Waals surface area (Å²) in [5.74, 6) is -9.95. The summed E-state index contributed by atoms with van der Waals surface area (Å²) in [7, 11) is 0. The Labute approximate surface area is 743 Å². The molecular weight excluding hydrogens is 1530 g/mol. The summed E-state index contributed by atoms with van der Waals surface area (Å²) in [4.78, 5) is 66.8. The van der Waals surface area contributed by atoms with E-state index in [0.29, 0.717) is 12.1 Å². The van der Waals surface area contributed by atoms with Crippen molar-refractivity contribution in [3.63, 3.8) is 0 Å².